The standard InChI is InChI=1S/C24H25N5O/c30-24(25-19-11-5-2-6-12-19)29-16-13-21-20(17-29)23(28-14-7-8-15-28)27-22(26-21)18-9-3-1-4-10-18/h1-6,9-12H,7-8,13-17H2,(H,25,30). The van der Waals surface area contributed by atoms with Gasteiger partial charge in [-0.2, -0.15) is 0 Å². The predicted molar refractivity (Wildman–Crippen MR) is 118 cm³/mol. The maximum Gasteiger partial charge on any atom is 0.322 e. The SMILES string of the molecule is O=C(Nc1ccccc1)N1CCc2nc(-c3ccccc3)nc(N3CCCC3)c2C1. The number of para-hydroxylation sites is 1. The molecule has 0 bridgehead atoms. The van der Waals surface area contributed by atoms with Crippen LogP contribution in [0.5, 0.6) is 0 Å². The number of nitrogens with one attached hydrogen (secondary N) is 1. The summed E-state index contributed by atoms with van der Waals surface area (Å²) in [5.74, 6) is 1.77. The molecule has 0 aliphatic carbocycles. The van der Waals surface area contributed by atoms with Crippen molar-refractivity contribution in [2.75, 3.05) is 29.9 Å². The lowest BCUT2D eigenvalue weighted by Gasteiger charge is -2.32. The fourth-order valence-electron chi connectivity index (χ4n) is 4.20. The number of carbonyl (C=O) groups excluding carboxylic acids is 1. The van der Waals surface area contributed by atoms with Gasteiger partial charge in [-0.15, -0.1) is 0 Å². The quantitative estimate of drug-likeness (QED) is 0.712. The van der Waals surface area contributed by atoms with Gasteiger partial charge >= 0.3 is 6.03 Å². The van der Waals surface area contributed by atoms with Crippen LogP contribution in [0.15, 0.2) is 60.7 Å². The number of carbonyl (C=O) groups is 1. The third-order valence-electron chi connectivity index (χ3n) is 5.79. The summed E-state index contributed by atoms with van der Waals surface area (Å²) in [6, 6.07) is 19.7. The van der Waals surface area contributed by atoms with Crippen LogP contribution in [-0.2, 0) is 13.0 Å². The summed E-state index contributed by atoms with van der Waals surface area (Å²) in [6.45, 7) is 3.20. The Labute approximate surface area is 176 Å². The molecule has 30 heavy (non-hydrogen) atoms. The maximum absolute atomic E-state index is 12.9. The number of nitrogens with zero attached hydrogens (tertiary/aromatic N) is 4. The van der Waals surface area contributed by atoms with Gasteiger partial charge in [0.1, 0.15) is 5.82 Å². The summed E-state index contributed by atoms with van der Waals surface area (Å²) in [5, 5.41) is 3.00. The molecule has 0 atom stereocenters. The van der Waals surface area contributed by atoms with Crippen LogP contribution in [0.4, 0.5) is 16.3 Å². The fraction of sp³-hybridized carbons (Fsp3) is 0.292. The Bertz CT molecular complexity index is 1030. The molecule has 0 saturated carbocycles. The monoisotopic (exact) mass is 399 g/mol. The van der Waals surface area contributed by atoms with Crippen molar-refractivity contribution in [2.24, 2.45) is 0 Å². The molecule has 0 unspecified atom stereocenters. The summed E-state index contributed by atoms with van der Waals surface area (Å²) in [7, 11) is 0. The number of benzene rings is 2. The van der Waals surface area contributed by atoms with Gasteiger partial charge in [-0.25, -0.2) is 14.8 Å². The van der Waals surface area contributed by atoms with E-state index in [1.54, 1.807) is 0 Å². The zero-order valence-corrected chi connectivity index (χ0v) is 16.9. The minimum absolute atomic E-state index is 0.0774. The average molecular weight is 399 g/mol. The van der Waals surface area contributed by atoms with Gasteiger partial charge in [0, 0.05) is 42.9 Å². The van der Waals surface area contributed by atoms with Crippen LogP contribution in [0, 0.1) is 0 Å². The molecule has 0 radical (unpaired) electrons. The minimum Gasteiger partial charge on any atom is -0.356 e. The van der Waals surface area contributed by atoms with E-state index in [0.717, 1.165) is 53.7 Å². The Morgan fingerprint density at radius 2 is 1.57 bits per heavy atom. The van der Waals surface area contributed by atoms with Crippen molar-refractivity contribution in [3.05, 3.63) is 71.9 Å². The van der Waals surface area contributed by atoms with Crippen LogP contribution in [0.3, 0.4) is 0 Å². The molecule has 2 aromatic carbocycles. The van der Waals surface area contributed by atoms with Gasteiger partial charge in [0.15, 0.2) is 5.82 Å². The average Bonchev–Trinajstić information content (AvgIpc) is 3.34. The number of rotatable bonds is 3. The molecule has 1 fully saturated rings. The molecular weight excluding hydrogens is 374 g/mol. The number of amides is 2. The molecule has 6 nitrogen and oxygen atoms in total. The van der Waals surface area contributed by atoms with Crippen LogP contribution in [0.1, 0.15) is 24.1 Å². The second-order valence-electron chi connectivity index (χ2n) is 7.82. The Morgan fingerprint density at radius 1 is 0.867 bits per heavy atom. The second kappa shape index (κ2) is 8.14. The van der Waals surface area contributed by atoms with Crippen LogP contribution < -0.4 is 10.2 Å². The van der Waals surface area contributed by atoms with E-state index in [4.69, 9.17) is 9.97 Å². The topological polar surface area (TPSA) is 61.4 Å². The molecule has 2 aliphatic rings. The number of fused-ring (bicyclic) bond motifs is 1. The molecule has 2 amide bonds. The molecule has 2 aliphatic heterocycles. The molecule has 5 rings (SSSR count). The molecule has 6 heteroatoms. The molecule has 1 aromatic heterocycles. The molecule has 3 aromatic rings. The number of aromatic nitrogens is 2. The van der Waals surface area contributed by atoms with Crippen molar-refractivity contribution in [1.82, 2.24) is 14.9 Å². The molecule has 152 valence electrons. The first kappa shape index (κ1) is 18.6. The van der Waals surface area contributed by atoms with E-state index < -0.39 is 0 Å². The lowest BCUT2D eigenvalue weighted by molar-refractivity contribution is 0.206. The highest BCUT2D eigenvalue weighted by Gasteiger charge is 2.28. The Balaban J connectivity index is 1.46. The first-order valence-corrected chi connectivity index (χ1v) is 10.6. The van der Waals surface area contributed by atoms with Crippen molar-refractivity contribution in [3.8, 4) is 11.4 Å². The van der Waals surface area contributed by atoms with Gasteiger partial charge in [-0.3, -0.25) is 0 Å². The summed E-state index contributed by atoms with van der Waals surface area (Å²) < 4.78 is 0. The third-order valence-corrected chi connectivity index (χ3v) is 5.79. The van der Waals surface area contributed by atoms with E-state index >= 15 is 0 Å². The van der Waals surface area contributed by atoms with E-state index in [2.05, 4.69) is 22.3 Å². The van der Waals surface area contributed by atoms with Crippen molar-refractivity contribution in [3.63, 3.8) is 0 Å². The fourth-order valence-corrected chi connectivity index (χ4v) is 4.20. The number of hydrogen-bond donors (Lipinski definition) is 1. The predicted octanol–water partition coefficient (Wildman–Crippen LogP) is 4.33. The number of anilines is 2. The normalized spacial score (nSPS) is 15.7. The Morgan fingerprint density at radius 3 is 2.30 bits per heavy atom. The van der Waals surface area contributed by atoms with Gasteiger partial charge in [-0.05, 0) is 25.0 Å². The summed E-state index contributed by atoms with van der Waals surface area (Å²) in [5.41, 5.74) is 3.99. The second-order valence-corrected chi connectivity index (χ2v) is 7.82. The largest absolute Gasteiger partial charge is 0.356 e. The zero-order valence-electron chi connectivity index (χ0n) is 16.9. The lowest BCUT2D eigenvalue weighted by atomic mass is 10.0. The van der Waals surface area contributed by atoms with E-state index in [9.17, 15) is 4.79 Å². The van der Waals surface area contributed by atoms with Crippen LogP contribution in [0.25, 0.3) is 11.4 Å². The number of urea groups is 1. The Kier molecular flexibility index (Phi) is 5.05. The zero-order chi connectivity index (χ0) is 20.3. The highest BCUT2D eigenvalue weighted by atomic mass is 16.2. The van der Waals surface area contributed by atoms with E-state index in [1.165, 1.54) is 12.8 Å². The van der Waals surface area contributed by atoms with Gasteiger partial charge in [-0.1, -0.05) is 48.5 Å². The lowest BCUT2D eigenvalue weighted by Crippen LogP contribution is -2.40. The minimum atomic E-state index is -0.0774. The van der Waals surface area contributed by atoms with E-state index in [0.29, 0.717) is 13.1 Å². The van der Waals surface area contributed by atoms with Gasteiger partial charge in [0.2, 0.25) is 0 Å². The van der Waals surface area contributed by atoms with Crippen molar-refractivity contribution < 1.29 is 4.79 Å². The summed E-state index contributed by atoms with van der Waals surface area (Å²) >= 11 is 0. The summed E-state index contributed by atoms with van der Waals surface area (Å²) in [4.78, 5) is 26.9. The van der Waals surface area contributed by atoms with Crippen molar-refractivity contribution in [1.29, 1.82) is 0 Å². The van der Waals surface area contributed by atoms with E-state index in [1.807, 2.05) is 53.4 Å². The van der Waals surface area contributed by atoms with Gasteiger partial charge in [0.25, 0.3) is 0 Å². The van der Waals surface area contributed by atoms with Crippen molar-refractivity contribution >= 4 is 17.5 Å². The highest BCUT2D eigenvalue weighted by molar-refractivity contribution is 5.89. The molecule has 3 heterocycles. The summed E-state index contributed by atoms with van der Waals surface area (Å²) in [6.07, 6.45) is 3.09. The maximum atomic E-state index is 12.9. The van der Waals surface area contributed by atoms with Crippen LogP contribution >= 0.6 is 0 Å². The van der Waals surface area contributed by atoms with Crippen molar-refractivity contribution in [2.45, 2.75) is 25.8 Å². The third kappa shape index (κ3) is 3.73. The highest BCUT2D eigenvalue weighted by Crippen LogP contribution is 2.31. The van der Waals surface area contributed by atoms with Crippen LogP contribution in [-0.4, -0.2) is 40.5 Å². The first-order valence-electron chi connectivity index (χ1n) is 10.6. The smallest absolute Gasteiger partial charge is 0.322 e. The molecule has 1 saturated heterocycles. The Hall–Kier alpha value is -3.41. The molecule has 0 spiro atoms. The van der Waals surface area contributed by atoms with E-state index in [-0.39, 0.29) is 6.03 Å². The van der Waals surface area contributed by atoms with Crippen LogP contribution in [0.2, 0.25) is 0 Å². The molecular formula is C24H25N5O. The van der Waals surface area contributed by atoms with Gasteiger partial charge in [0.05, 0.1) is 12.2 Å². The van der Waals surface area contributed by atoms with Gasteiger partial charge < -0.3 is 15.1 Å². The molecule has 1 N–H and O–H groups in total. The number of hydrogen-bond acceptors (Lipinski definition) is 4. The first-order chi connectivity index (χ1) is 14.8.